The Bertz CT molecular complexity index is 927. The highest BCUT2D eigenvalue weighted by atomic mass is 79.9. The predicted molar refractivity (Wildman–Crippen MR) is 90.5 cm³/mol. The van der Waals surface area contributed by atoms with Crippen LogP contribution in [-0.4, -0.2) is 15.0 Å². The minimum atomic E-state index is -2.41. The molecule has 1 unspecified atom stereocenters. The van der Waals surface area contributed by atoms with Crippen molar-refractivity contribution in [2.75, 3.05) is 0 Å². The van der Waals surface area contributed by atoms with Gasteiger partial charge < -0.3 is 0 Å². The fourth-order valence-electron chi connectivity index (χ4n) is 2.01. The van der Waals surface area contributed by atoms with Gasteiger partial charge in [-0.2, -0.15) is 0 Å². The molecule has 0 aliphatic heterocycles. The first kappa shape index (κ1) is 11.7. The molecule has 1 atom stereocenters. The summed E-state index contributed by atoms with van der Waals surface area (Å²) in [5.41, 5.74) is 1.28. The summed E-state index contributed by atoms with van der Waals surface area (Å²) in [6.07, 6.45) is 0. The fourth-order valence-corrected chi connectivity index (χ4v) is 3.35. The van der Waals surface area contributed by atoms with E-state index in [9.17, 15) is 0 Å². The van der Waals surface area contributed by atoms with Gasteiger partial charge >= 0.3 is 0 Å². The highest BCUT2D eigenvalue weighted by Gasteiger charge is 2.17. The van der Waals surface area contributed by atoms with Crippen LogP contribution in [0.1, 0.15) is 22.6 Å². The number of benzene rings is 2. The molecule has 0 amide bonds. The van der Waals surface area contributed by atoms with Crippen molar-refractivity contribution < 1.29 is 4.11 Å². The van der Waals surface area contributed by atoms with E-state index in [0.717, 1.165) is 0 Å². The highest BCUT2D eigenvalue weighted by Crippen LogP contribution is 2.32. The first-order chi connectivity index (χ1) is 11.2. The second-order valence-corrected chi connectivity index (χ2v) is 6.52. The van der Waals surface area contributed by atoms with E-state index in [4.69, 9.17) is 38.9 Å². The number of aromatic nitrogens is 3. The Kier molecular flexibility index (Phi) is 3.22. The maximum atomic E-state index is 7.94. The summed E-state index contributed by atoms with van der Waals surface area (Å²) < 4.78 is 25.8. The third-order valence-corrected chi connectivity index (χ3v) is 4.31. The molecule has 0 aliphatic rings. The molecule has 108 valence electrons. The van der Waals surface area contributed by atoms with Gasteiger partial charge in [0.2, 0.25) is 0 Å². The van der Waals surface area contributed by atoms with Crippen molar-refractivity contribution in [3.8, 4) is 0 Å². The zero-order valence-corrected chi connectivity index (χ0v) is 14.2. The third-order valence-electron chi connectivity index (χ3n) is 3.00. The van der Waals surface area contributed by atoms with Crippen LogP contribution in [0.25, 0.3) is 11.0 Å². The Morgan fingerprint density at radius 3 is 2.71 bits per heavy atom. The van der Waals surface area contributed by atoms with Gasteiger partial charge in [0.15, 0.2) is 0 Å². The van der Waals surface area contributed by atoms with Gasteiger partial charge in [0.1, 0.15) is 5.52 Å². The van der Waals surface area contributed by atoms with E-state index in [-0.39, 0.29) is 5.02 Å². The van der Waals surface area contributed by atoms with E-state index in [0.29, 0.717) is 31.1 Å². The molecule has 1 heterocycles. The van der Waals surface area contributed by atoms with E-state index in [2.05, 4.69) is 26.2 Å². The van der Waals surface area contributed by atoms with Gasteiger partial charge in [-0.1, -0.05) is 62.0 Å². The number of nitrogens with zero attached hydrogens (tertiary/aromatic N) is 3. The van der Waals surface area contributed by atoms with Crippen LogP contribution in [0.5, 0.6) is 0 Å². The number of hydrogen-bond acceptors (Lipinski definition) is 2. The lowest BCUT2D eigenvalue weighted by atomic mass is 10.1. The molecular formula is C14H9BrCl3N3. The molecule has 7 heteroatoms. The Hall–Kier alpha value is -0.810. The average Bonchev–Trinajstić information content (AvgIpc) is 2.84. The predicted octanol–water partition coefficient (Wildman–Crippen LogP) is 5.76. The van der Waals surface area contributed by atoms with E-state index < -0.39 is 12.9 Å². The molecule has 0 fully saturated rings. The van der Waals surface area contributed by atoms with E-state index >= 15 is 0 Å². The monoisotopic (exact) mass is 406 g/mol. The molecule has 21 heavy (non-hydrogen) atoms. The van der Waals surface area contributed by atoms with Gasteiger partial charge in [0.25, 0.3) is 0 Å². The van der Waals surface area contributed by atoms with Crippen molar-refractivity contribution in [3.05, 3.63) is 55.4 Å². The van der Waals surface area contributed by atoms with Crippen molar-refractivity contribution in [2.24, 2.45) is 0 Å². The van der Waals surface area contributed by atoms with Crippen molar-refractivity contribution in [1.29, 1.82) is 0 Å². The SMILES string of the molecule is [2H]C([2H])([2H])C(c1ccc(Cl)cc1Cl)n1nnc2c(Cl)cc(Br)cc21. The van der Waals surface area contributed by atoms with Gasteiger partial charge in [-0.3, -0.25) is 0 Å². The Balaban J connectivity index is 2.29. The lowest BCUT2D eigenvalue weighted by Gasteiger charge is -2.15. The number of rotatable bonds is 2. The molecule has 3 aromatic rings. The van der Waals surface area contributed by atoms with Crippen molar-refractivity contribution in [2.45, 2.75) is 12.9 Å². The summed E-state index contributed by atoms with van der Waals surface area (Å²) >= 11 is 21.7. The summed E-state index contributed by atoms with van der Waals surface area (Å²) in [6.45, 7) is -2.41. The normalized spacial score (nSPS) is 15.5. The largest absolute Gasteiger partial charge is 0.237 e. The molecule has 0 N–H and O–H groups in total. The highest BCUT2D eigenvalue weighted by molar-refractivity contribution is 9.10. The summed E-state index contributed by atoms with van der Waals surface area (Å²) in [5.74, 6) is 0. The van der Waals surface area contributed by atoms with Crippen LogP contribution < -0.4 is 0 Å². The number of hydrogen-bond donors (Lipinski definition) is 0. The van der Waals surface area contributed by atoms with Crippen molar-refractivity contribution >= 4 is 61.8 Å². The standard InChI is InChI=1S/C14H9BrCl3N3/c1-7(10-3-2-9(16)6-11(10)17)21-13-5-8(15)4-12(18)14(13)19-20-21/h2-7H,1H3/i1D3. The van der Waals surface area contributed by atoms with Gasteiger partial charge in [-0.15, -0.1) is 5.10 Å². The molecule has 0 saturated carbocycles. The van der Waals surface area contributed by atoms with Crippen LogP contribution in [0.3, 0.4) is 0 Å². The summed E-state index contributed by atoms with van der Waals surface area (Å²) in [6, 6.07) is 6.92. The lowest BCUT2D eigenvalue weighted by molar-refractivity contribution is 0.560. The zero-order valence-electron chi connectivity index (χ0n) is 13.3. The van der Waals surface area contributed by atoms with Gasteiger partial charge in [0, 0.05) is 18.6 Å². The maximum Gasteiger partial charge on any atom is 0.131 e. The molecule has 3 nitrogen and oxygen atoms in total. The van der Waals surface area contributed by atoms with Crippen LogP contribution in [-0.2, 0) is 0 Å². The Morgan fingerprint density at radius 1 is 1.19 bits per heavy atom. The Labute approximate surface area is 149 Å². The molecule has 1 aromatic heterocycles. The van der Waals surface area contributed by atoms with Crippen molar-refractivity contribution in [3.63, 3.8) is 0 Å². The molecule has 0 radical (unpaired) electrons. The molecule has 0 spiro atoms. The van der Waals surface area contributed by atoms with Gasteiger partial charge in [-0.05, 0) is 36.7 Å². The van der Waals surface area contributed by atoms with E-state index in [1.54, 1.807) is 24.3 Å². The quantitative estimate of drug-likeness (QED) is 0.539. The molecular weight excluding hydrogens is 396 g/mol. The van der Waals surface area contributed by atoms with E-state index in [1.807, 2.05) is 0 Å². The molecule has 0 bridgehead atoms. The molecule has 3 rings (SSSR count). The molecule has 0 saturated heterocycles. The fraction of sp³-hybridized carbons (Fsp3) is 0.143. The van der Waals surface area contributed by atoms with Crippen LogP contribution in [0.4, 0.5) is 0 Å². The van der Waals surface area contributed by atoms with Crippen LogP contribution in [0.15, 0.2) is 34.8 Å². The average molecular weight is 409 g/mol. The minimum absolute atomic E-state index is 0.244. The molecule has 0 aliphatic carbocycles. The second-order valence-electron chi connectivity index (χ2n) is 4.36. The third kappa shape index (κ3) is 2.78. The summed E-state index contributed by atoms with van der Waals surface area (Å²) in [4.78, 5) is 0. The second kappa shape index (κ2) is 5.76. The molecule has 2 aromatic carbocycles. The summed E-state index contributed by atoms with van der Waals surface area (Å²) in [7, 11) is 0. The van der Waals surface area contributed by atoms with Crippen LogP contribution in [0.2, 0.25) is 15.1 Å². The van der Waals surface area contributed by atoms with Crippen LogP contribution in [0, 0.1) is 0 Å². The number of fused-ring (bicyclic) bond motifs is 1. The maximum absolute atomic E-state index is 7.94. The first-order valence-corrected chi connectivity index (χ1v) is 7.76. The lowest BCUT2D eigenvalue weighted by Crippen LogP contribution is -2.09. The number of halogens is 4. The summed E-state index contributed by atoms with van der Waals surface area (Å²) in [5, 5.41) is 9.06. The van der Waals surface area contributed by atoms with Gasteiger partial charge in [-0.25, -0.2) is 4.68 Å². The zero-order chi connectivity index (χ0) is 17.6. The smallest absolute Gasteiger partial charge is 0.131 e. The van der Waals surface area contributed by atoms with E-state index in [1.165, 1.54) is 10.7 Å². The Morgan fingerprint density at radius 2 is 2.00 bits per heavy atom. The first-order valence-electron chi connectivity index (χ1n) is 7.33. The topological polar surface area (TPSA) is 30.7 Å². The van der Waals surface area contributed by atoms with Crippen LogP contribution >= 0.6 is 50.7 Å². The van der Waals surface area contributed by atoms with Gasteiger partial charge in [0.05, 0.1) is 16.6 Å². The minimum Gasteiger partial charge on any atom is -0.237 e. The van der Waals surface area contributed by atoms with Crippen molar-refractivity contribution in [1.82, 2.24) is 15.0 Å².